The van der Waals surface area contributed by atoms with E-state index in [2.05, 4.69) is 15.3 Å². The van der Waals surface area contributed by atoms with Crippen LogP contribution >= 0.6 is 11.6 Å². The van der Waals surface area contributed by atoms with E-state index in [4.69, 9.17) is 16.3 Å². The van der Waals surface area contributed by atoms with Gasteiger partial charge >= 0.3 is 5.97 Å². The summed E-state index contributed by atoms with van der Waals surface area (Å²) in [7, 11) is 1.70. The molecule has 164 valence electrons. The van der Waals surface area contributed by atoms with Crippen molar-refractivity contribution in [2.24, 2.45) is 9.98 Å². The highest BCUT2D eigenvalue weighted by molar-refractivity contribution is 6.32. The fraction of sp³-hybridized carbons (Fsp3) is 0.375. The minimum Gasteiger partial charge on any atom is -0.489 e. The van der Waals surface area contributed by atoms with E-state index in [9.17, 15) is 9.90 Å². The summed E-state index contributed by atoms with van der Waals surface area (Å²) in [5.74, 6) is 0.442. The molecule has 0 amide bonds. The fourth-order valence-corrected chi connectivity index (χ4v) is 3.41. The predicted molar refractivity (Wildman–Crippen MR) is 125 cm³/mol. The van der Waals surface area contributed by atoms with Crippen molar-refractivity contribution in [3.05, 3.63) is 64.2 Å². The summed E-state index contributed by atoms with van der Waals surface area (Å²) in [5, 5.41) is 12.9. The van der Waals surface area contributed by atoms with Gasteiger partial charge in [-0.15, -0.1) is 0 Å². The third kappa shape index (κ3) is 5.71. The fourth-order valence-electron chi connectivity index (χ4n) is 3.18. The molecule has 0 spiro atoms. The first-order valence-corrected chi connectivity index (χ1v) is 10.7. The lowest BCUT2D eigenvalue weighted by atomic mass is 10.1. The van der Waals surface area contributed by atoms with Gasteiger partial charge in [0.2, 0.25) is 0 Å². The molecule has 31 heavy (non-hydrogen) atoms. The van der Waals surface area contributed by atoms with Crippen LogP contribution in [0, 0.1) is 0 Å². The molecule has 3 rings (SSSR count). The molecule has 0 aliphatic heterocycles. The molecule has 0 bridgehead atoms. The molecule has 6 nitrogen and oxygen atoms in total. The number of aliphatic carboxylic acids is 1. The van der Waals surface area contributed by atoms with Crippen LogP contribution in [0.1, 0.15) is 50.3 Å². The Hall–Kier alpha value is -2.70. The van der Waals surface area contributed by atoms with Crippen LogP contribution in [0.15, 0.2) is 52.4 Å². The molecule has 0 radical (unpaired) electrons. The molecular formula is C24H28ClN3O3. The maximum atomic E-state index is 11.3. The number of hydrogen-bond acceptors (Lipinski definition) is 4. The van der Waals surface area contributed by atoms with Gasteiger partial charge in [-0.2, -0.15) is 0 Å². The van der Waals surface area contributed by atoms with E-state index in [-0.39, 0.29) is 6.10 Å². The van der Waals surface area contributed by atoms with Crippen molar-refractivity contribution in [1.82, 2.24) is 5.32 Å². The zero-order valence-corrected chi connectivity index (χ0v) is 19.0. The Morgan fingerprint density at radius 1 is 1.19 bits per heavy atom. The van der Waals surface area contributed by atoms with E-state index in [1.807, 2.05) is 63.2 Å². The average molecular weight is 442 g/mol. The summed E-state index contributed by atoms with van der Waals surface area (Å²) in [6, 6.07) is 13.5. The zero-order valence-electron chi connectivity index (χ0n) is 18.3. The lowest BCUT2D eigenvalue weighted by molar-refractivity contribution is -0.140. The number of rotatable bonds is 8. The van der Waals surface area contributed by atoms with E-state index in [0.29, 0.717) is 36.0 Å². The summed E-state index contributed by atoms with van der Waals surface area (Å²) in [6.45, 7) is 6.36. The highest BCUT2D eigenvalue weighted by atomic mass is 35.5. The molecule has 0 saturated heterocycles. The van der Waals surface area contributed by atoms with Gasteiger partial charge in [0.05, 0.1) is 11.1 Å². The van der Waals surface area contributed by atoms with Gasteiger partial charge in [0.1, 0.15) is 11.3 Å². The molecule has 0 heterocycles. The largest absolute Gasteiger partial charge is 0.489 e. The van der Waals surface area contributed by atoms with Crippen LogP contribution in [0.3, 0.4) is 0 Å². The first kappa shape index (κ1) is 23.0. The second-order valence-corrected chi connectivity index (χ2v) is 8.40. The number of carbonyl (C=O) groups is 1. The van der Waals surface area contributed by atoms with Crippen LogP contribution in [-0.4, -0.2) is 41.3 Å². The summed E-state index contributed by atoms with van der Waals surface area (Å²) in [5.41, 5.74) is 2.89. The van der Waals surface area contributed by atoms with E-state index in [1.54, 1.807) is 7.05 Å². The molecular weight excluding hydrogens is 414 g/mol. The topological polar surface area (TPSA) is 83.3 Å². The number of carboxylic acid groups (broad SMARTS) is 1. The Morgan fingerprint density at radius 2 is 1.84 bits per heavy atom. The number of ether oxygens (including phenoxy) is 1. The quantitative estimate of drug-likeness (QED) is 0.458. The van der Waals surface area contributed by atoms with Gasteiger partial charge in [0, 0.05) is 24.9 Å². The maximum Gasteiger partial charge on any atom is 0.323 e. The standard InChI is InChI=1S/C24H28ClN3O3/c1-15(2)31-21-10-9-19(13-20(21)25)22(26-4)28-16(3)18-7-5-17(6-8-18)14-27-24(11-12-24)23(29)30/h5-10,13,15,27H,11-12,14H2,1-4H3,(H,29,30). The van der Waals surface area contributed by atoms with Gasteiger partial charge in [-0.25, -0.2) is 4.99 Å². The van der Waals surface area contributed by atoms with Crippen LogP contribution in [0.25, 0.3) is 0 Å². The molecule has 0 atom stereocenters. The van der Waals surface area contributed by atoms with Crippen molar-refractivity contribution in [2.75, 3.05) is 7.05 Å². The highest BCUT2D eigenvalue weighted by Crippen LogP contribution is 2.35. The minimum absolute atomic E-state index is 0.0417. The molecule has 1 aliphatic rings. The number of nitrogens with zero attached hydrogens (tertiary/aromatic N) is 2. The summed E-state index contributed by atoms with van der Waals surface area (Å²) < 4.78 is 5.69. The van der Waals surface area contributed by atoms with Crippen LogP contribution in [0.5, 0.6) is 5.75 Å². The van der Waals surface area contributed by atoms with Gasteiger partial charge in [-0.1, -0.05) is 35.9 Å². The van der Waals surface area contributed by atoms with Gasteiger partial charge in [-0.3, -0.25) is 15.1 Å². The van der Waals surface area contributed by atoms with E-state index >= 15 is 0 Å². The van der Waals surface area contributed by atoms with Crippen LogP contribution < -0.4 is 10.1 Å². The molecule has 1 aliphatic carbocycles. The van der Waals surface area contributed by atoms with Crippen molar-refractivity contribution in [3.63, 3.8) is 0 Å². The highest BCUT2D eigenvalue weighted by Gasteiger charge is 2.49. The second-order valence-electron chi connectivity index (χ2n) is 7.99. The third-order valence-electron chi connectivity index (χ3n) is 5.20. The Labute approximate surface area is 188 Å². The molecule has 1 fully saturated rings. The van der Waals surface area contributed by atoms with Crippen molar-refractivity contribution >= 4 is 29.1 Å². The number of benzene rings is 2. The molecule has 2 N–H and O–H groups in total. The third-order valence-corrected chi connectivity index (χ3v) is 5.50. The number of halogens is 1. The molecule has 2 aromatic carbocycles. The Balaban J connectivity index is 1.70. The normalized spacial score (nSPS) is 15.8. The molecule has 0 aromatic heterocycles. The first-order valence-electron chi connectivity index (χ1n) is 10.3. The minimum atomic E-state index is -0.776. The molecule has 1 saturated carbocycles. The van der Waals surface area contributed by atoms with E-state index in [1.165, 1.54) is 0 Å². The van der Waals surface area contributed by atoms with Crippen molar-refractivity contribution in [3.8, 4) is 5.75 Å². The van der Waals surface area contributed by atoms with Crippen molar-refractivity contribution in [1.29, 1.82) is 0 Å². The van der Waals surface area contributed by atoms with E-state index in [0.717, 1.165) is 22.4 Å². The van der Waals surface area contributed by atoms with Crippen LogP contribution in [-0.2, 0) is 11.3 Å². The SMILES string of the molecule is CN=C(N=C(C)c1ccc(CNC2(C(=O)O)CC2)cc1)c1ccc(OC(C)C)c(Cl)c1. The van der Waals surface area contributed by atoms with Crippen molar-refractivity contribution < 1.29 is 14.6 Å². The lowest BCUT2D eigenvalue weighted by Gasteiger charge is -2.13. The smallest absolute Gasteiger partial charge is 0.323 e. The summed E-state index contributed by atoms with van der Waals surface area (Å²) in [6.07, 6.45) is 1.40. The summed E-state index contributed by atoms with van der Waals surface area (Å²) >= 11 is 6.36. The first-order chi connectivity index (χ1) is 14.7. The number of aliphatic imine (C=N–C) groups is 2. The van der Waals surface area contributed by atoms with Gasteiger partial charge in [0.15, 0.2) is 5.84 Å². The average Bonchev–Trinajstić information content (AvgIpc) is 3.53. The van der Waals surface area contributed by atoms with Crippen LogP contribution in [0.2, 0.25) is 5.02 Å². The van der Waals surface area contributed by atoms with Gasteiger partial charge in [0.25, 0.3) is 0 Å². The molecule has 2 aromatic rings. The van der Waals surface area contributed by atoms with Crippen LogP contribution in [0.4, 0.5) is 0 Å². The molecule has 7 heteroatoms. The monoisotopic (exact) mass is 441 g/mol. The predicted octanol–water partition coefficient (Wildman–Crippen LogP) is 4.72. The lowest BCUT2D eigenvalue weighted by Crippen LogP contribution is -2.38. The van der Waals surface area contributed by atoms with E-state index < -0.39 is 11.5 Å². The number of hydrogen-bond donors (Lipinski definition) is 2. The summed E-state index contributed by atoms with van der Waals surface area (Å²) in [4.78, 5) is 20.3. The Morgan fingerprint density at radius 3 is 2.35 bits per heavy atom. The van der Waals surface area contributed by atoms with Crippen molar-refractivity contribution in [2.45, 2.75) is 51.8 Å². The Bertz CT molecular complexity index is 1010. The number of carboxylic acids is 1. The number of nitrogens with one attached hydrogen (secondary N) is 1. The second kappa shape index (κ2) is 9.62. The Kier molecular flexibility index (Phi) is 7.13. The maximum absolute atomic E-state index is 11.3. The number of amidine groups is 1. The van der Waals surface area contributed by atoms with Gasteiger partial charge in [-0.05, 0) is 62.9 Å². The molecule has 0 unspecified atom stereocenters. The van der Waals surface area contributed by atoms with Gasteiger partial charge < -0.3 is 9.84 Å². The zero-order chi connectivity index (χ0) is 22.6.